The van der Waals surface area contributed by atoms with Crippen molar-refractivity contribution >= 4 is 17.5 Å². The fraction of sp³-hybridized carbons (Fsp3) is 0.208. The van der Waals surface area contributed by atoms with Gasteiger partial charge in [-0.25, -0.2) is 0 Å². The van der Waals surface area contributed by atoms with Crippen molar-refractivity contribution in [2.75, 3.05) is 11.9 Å². The first kappa shape index (κ1) is 19.8. The minimum atomic E-state index is -0.345. The quantitative estimate of drug-likeness (QED) is 0.592. The fourth-order valence-corrected chi connectivity index (χ4v) is 3.80. The van der Waals surface area contributed by atoms with E-state index in [2.05, 4.69) is 21.7 Å². The van der Waals surface area contributed by atoms with Crippen molar-refractivity contribution in [3.05, 3.63) is 95.3 Å². The Kier molecular flexibility index (Phi) is 5.86. The maximum absolute atomic E-state index is 12.6. The number of aryl methyl sites for hydroxylation is 1. The first-order valence-electron chi connectivity index (χ1n) is 10.0. The molecule has 4 N–H and O–H groups in total. The molecule has 0 fully saturated rings. The van der Waals surface area contributed by atoms with Crippen molar-refractivity contribution in [3.63, 3.8) is 0 Å². The third kappa shape index (κ3) is 4.39. The highest BCUT2D eigenvalue weighted by atomic mass is 16.2. The molecule has 6 heteroatoms. The van der Waals surface area contributed by atoms with E-state index in [-0.39, 0.29) is 23.8 Å². The van der Waals surface area contributed by atoms with Gasteiger partial charge in [0.15, 0.2) is 0 Å². The summed E-state index contributed by atoms with van der Waals surface area (Å²) in [7, 11) is 0. The van der Waals surface area contributed by atoms with Gasteiger partial charge in [-0.05, 0) is 53.8 Å². The first-order valence-corrected chi connectivity index (χ1v) is 10.0. The number of carbonyl (C=O) groups is 2. The molecule has 1 aliphatic rings. The SMILES string of the molecule is N[C@H](CNC(=O)C1CCc2ccccc21)c1ccc(C(=O)Nc2ccncc2)cc1. The number of benzene rings is 2. The summed E-state index contributed by atoms with van der Waals surface area (Å²) < 4.78 is 0. The van der Waals surface area contributed by atoms with Crippen LogP contribution in [0.5, 0.6) is 0 Å². The van der Waals surface area contributed by atoms with Crippen molar-refractivity contribution in [1.82, 2.24) is 10.3 Å². The van der Waals surface area contributed by atoms with Crippen molar-refractivity contribution in [2.24, 2.45) is 5.73 Å². The summed E-state index contributed by atoms with van der Waals surface area (Å²) in [5.74, 6) is -0.286. The zero-order valence-electron chi connectivity index (χ0n) is 16.5. The summed E-state index contributed by atoms with van der Waals surface area (Å²) in [5.41, 5.74) is 10.7. The zero-order valence-corrected chi connectivity index (χ0v) is 16.5. The largest absolute Gasteiger partial charge is 0.354 e. The van der Waals surface area contributed by atoms with Crippen LogP contribution >= 0.6 is 0 Å². The van der Waals surface area contributed by atoms with Gasteiger partial charge in [0, 0.05) is 36.2 Å². The van der Waals surface area contributed by atoms with Gasteiger partial charge < -0.3 is 16.4 Å². The number of pyridine rings is 1. The monoisotopic (exact) mass is 400 g/mol. The van der Waals surface area contributed by atoms with Crippen LogP contribution < -0.4 is 16.4 Å². The molecule has 2 aromatic carbocycles. The summed E-state index contributed by atoms with van der Waals surface area (Å²) >= 11 is 0. The Bertz CT molecular complexity index is 1030. The van der Waals surface area contributed by atoms with Crippen LogP contribution in [0, 0.1) is 0 Å². The van der Waals surface area contributed by atoms with Gasteiger partial charge in [-0.1, -0.05) is 36.4 Å². The van der Waals surface area contributed by atoms with Gasteiger partial charge in [0.25, 0.3) is 5.91 Å². The molecular formula is C24H24N4O2. The number of hydrogen-bond donors (Lipinski definition) is 3. The second-order valence-corrected chi connectivity index (χ2v) is 7.45. The summed E-state index contributed by atoms with van der Waals surface area (Å²) in [5, 5.41) is 5.80. The molecule has 4 rings (SSSR count). The van der Waals surface area contributed by atoms with Crippen molar-refractivity contribution in [3.8, 4) is 0 Å². The number of fused-ring (bicyclic) bond motifs is 1. The molecule has 0 saturated carbocycles. The molecule has 3 aromatic rings. The van der Waals surface area contributed by atoms with Crippen LogP contribution in [-0.2, 0) is 11.2 Å². The molecule has 1 unspecified atom stereocenters. The predicted molar refractivity (Wildman–Crippen MR) is 116 cm³/mol. The molecular weight excluding hydrogens is 376 g/mol. The van der Waals surface area contributed by atoms with Gasteiger partial charge in [-0.2, -0.15) is 0 Å². The van der Waals surface area contributed by atoms with Crippen molar-refractivity contribution in [2.45, 2.75) is 24.8 Å². The number of nitrogens with zero attached hydrogens (tertiary/aromatic N) is 1. The Morgan fingerprint density at radius 1 is 1.03 bits per heavy atom. The van der Waals surface area contributed by atoms with Gasteiger partial charge >= 0.3 is 0 Å². The highest BCUT2D eigenvalue weighted by Crippen LogP contribution is 2.32. The standard InChI is InChI=1S/C24H24N4O2/c25-22(15-27-24(30)21-10-9-16-3-1-2-4-20(16)21)17-5-7-18(8-6-17)23(29)28-19-11-13-26-14-12-19/h1-8,11-14,21-22H,9-10,15,25H2,(H,27,30)(H,26,28,29)/t21?,22-/m1/s1. The highest BCUT2D eigenvalue weighted by Gasteiger charge is 2.28. The van der Waals surface area contributed by atoms with E-state index in [0.717, 1.165) is 24.0 Å². The van der Waals surface area contributed by atoms with Crippen LogP contribution in [0.1, 0.15) is 45.4 Å². The Morgan fingerprint density at radius 2 is 1.77 bits per heavy atom. The predicted octanol–water partition coefficient (Wildman–Crippen LogP) is 3.18. The van der Waals surface area contributed by atoms with Crippen LogP contribution in [0.3, 0.4) is 0 Å². The Balaban J connectivity index is 1.32. The summed E-state index contributed by atoms with van der Waals surface area (Å²) in [6.45, 7) is 0.347. The average molecular weight is 400 g/mol. The second-order valence-electron chi connectivity index (χ2n) is 7.45. The van der Waals surface area contributed by atoms with E-state index in [4.69, 9.17) is 5.73 Å². The summed E-state index contributed by atoms with van der Waals surface area (Å²) in [4.78, 5) is 28.9. The number of rotatable bonds is 6. The molecule has 2 amide bonds. The third-order valence-electron chi connectivity index (χ3n) is 5.48. The Labute approximate surface area is 175 Å². The zero-order chi connectivity index (χ0) is 20.9. The maximum atomic E-state index is 12.6. The molecule has 0 spiro atoms. The number of nitrogens with one attached hydrogen (secondary N) is 2. The van der Waals surface area contributed by atoms with E-state index >= 15 is 0 Å². The number of nitrogens with two attached hydrogens (primary N) is 1. The molecule has 0 bridgehead atoms. The van der Waals surface area contributed by atoms with Gasteiger partial charge in [0.2, 0.25) is 5.91 Å². The lowest BCUT2D eigenvalue weighted by atomic mass is 10.00. The van der Waals surface area contributed by atoms with E-state index in [0.29, 0.717) is 17.8 Å². The fourth-order valence-electron chi connectivity index (χ4n) is 3.80. The van der Waals surface area contributed by atoms with Crippen molar-refractivity contribution < 1.29 is 9.59 Å². The lowest BCUT2D eigenvalue weighted by Gasteiger charge is -2.17. The van der Waals surface area contributed by atoms with Crippen molar-refractivity contribution in [1.29, 1.82) is 0 Å². The lowest BCUT2D eigenvalue weighted by Crippen LogP contribution is -2.34. The third-order valence-corrected chi connectivity index (χ3v) is 5.48. The molecule has 0 radical (unpaired) electrons. The molecule has 1 aromatic heterocycles. The highest BCUT2D eigenvalue weighted by molar-refractivity contribution is 6.04. The summed E-state index contributed by atoms with van der Waals surface area (Å²) in [6.07, 6.45) is 5.01. The van der Waals surface area contributed by atoms with Crippen LogP contribution in [0.2, 0.25) is 0 Å². The van der Waals surface area contributed by atoms with E-state index < -0.39 is 0 Å². The minimum absolute atomic E-state index is 0.0174. The number of anilines is 1. The van der Waals surface area contributed by atoms with E-state index in [9.17, 15) is 9.59 Å². The number of carbonyl (C=O) groups excluding carboxylic acids is 2. The number of hydrogen-bond acceptors (Lipinski definition) is 4. The average Bonchev–Trinajstić information content (AvgIpc) is 3.22. The number of amides is 2. The van der Waals surface area contributed by atoms with Gasteiger partial charge in [0.1, 0.15) is 0 Å². The van der Waals surface area contributed by atoms with Gasteiger partial charge in [-0.3, -0.25) is 14.6 Å². The summed E-state index contributed by atoms with van der Waals surface area (Å²) in [6, 6.07) is 18.3. The Morgan fingerprint density at radius 3 is 2.53 bits per heavy atom. The van der Waals surface area contributed by atoms with Gasteiger partial charge in [-0.15, -0.1) is 0 Å². The molecule has 6 nitrogen and oxygen atoms in total. The topological polar surface area (TPSA) is 97.1 Å². The normalized spacial score (nSPS) is 15.8. The van der Waals surface area contributed by atoms with Crippen LogP contribution in [0.25, 0.3) is 0 Å². The van der Waals surface area contributed by atoms with E-state index in [1.807, 2.05) is 30.3 Å². The number of aromatic nitrogens is 1. The molecule has 30 heavy (non-hydrogen) atoms. The van der Waals surface area contributed by atoms with Crippen LogP contribution in [0.15, 0.2) is 73.1 Å². The minimum Gasteiger partial charge on any atom is -0.354 e. The second kappa shape index (κ2) is 8.88. The van der Waals surface area contributed by atoms with E-state index in [1.165, 1.54) is 5.56 Å². The smallest absolute Gasteiger partial charge is 0.255 e. The van der Waals surface area contributed by atoms with Crippen LogP contribution in [-0.4, -0.2) is 23.3 Å². The lowest BCUT2D eigenvalue weighted by molar-refractivity contribution is -0.122. The molecule has 0 aliphatic heterocycles. The Hall–Kier alpha value is -3.51. The molecule has 152 valence electrons. The maximum Gasteiger partial charge on any atom is 0.255 e. The molecule has 1 heterocycles. The molecule has 2 atom stereocenters. The molecule has 0 saturated heterocycles. The molecule has 1 aliphatic carbocycles. The van der Waals surface area contributed by atoms with E-state index in [1.54, 1.807) is 36.7 Å². The van der Waals surface area contributed by atoms with Crippen LogP contribution in [0.4, 0.5) is 5.69 Å². The van der Waals surface area contributed by atoms with Gasteiger partial charge in [0.05, 0.1) is 5.92 Å². The first-order chi connectivity index (χ1) is 14.6.